The molecule has 1 N–H and O–H groups in total. The number of rotatable bonds is 1. The van der Waals surface area contributed by atoms with Crippen LogP contribution >= 0.6 is 15.9 Å². The van der Waals surface area contributed by atoms with E-state index in [-0.39, 0.29) is 6.07 Å². The minimum atomic E-state index is -5.99. The van der Waals surface area contributed by atoms with Crippen LogP contribution in [0, 0.1) is 5.82 Å². The smallest absolute Gasteiger partial charge is 0.369 e. The number of hydrogen-bond donors (Lipinski definition) is 1. The maximum atomic E-state index is 12.7. The van der Waals surface area contributed by atoms with Gasteiger partial charge in [0.15, 0.2) is 0 Å². The van der Waals surface area contributed by atoms with E-state index in [1.54, 1.807) is 0 Å². The summed E-state index contributed by atoms with van der Waals surface area (Å²) in [6, 6.07) is 1.01. The quantitative estimate of drug-likeness (QED) is 0.769. The molecule has 1 rings (SSSR count). The van der Waals surface area contributed by atoms with Gasteiger partial charge < -0.3 is 5.11 Å². The lowest BCUT2D eigenvalue weighted by Crippen LogP contribution is -2.54. The highest BCUT2D eigenvalue weighted by Gasteiger charge is 2.71. The van der Waals surface area contributed by atoms with E-state index in [9.17, 15) is 30.7 Å². The molecule has 0 aromatic heterocycles. The SMILES string of the molecule is OC(c1ccc(F)cc1Br)(C(F)(F)F)C(F)(F)F. The van der Waals surface area contributed by atoms with Crippen molar-refractivity contribution < 1.29 is 35.8 Å². The van der Waals surface area contributed by atoms with Gasteiger partial charge in [0.25, 0.3) is 5.60 Å². The first kappa shape index (κ1) is 15.2. The maximum absolute atomic E-state index is 12.7. The average molecular weight is 341 g/mol. The second-order valence-corrected chi connectivity index (χ2v) is 4.18. The van der Waals surface area contributed by atoms with E-state index >= 15 is 0 Å². The molecule has 1 aromatic rings. The van der Waals surface area contributed by atoms with Gasteiger partial charge in [0.2, 0.25) is 0 Å². The molecule has 0 saturated heterocycles. The summed E-state index contributed by atoms with van der Waals surface area (Å²) < 4.78 is 86.7. The molecule has 1 nitrogen and oxygen atoms in total. The van der Waals surface area contributed by atoms with Crippen LogP contribution in [0.1, 0.15) is 5.56 Å². The van der Waals surface area contributed by atoms with Crippen LogP contribution in [-0.4, -0.2) is 17.5 Å². The van der Waals surface area contributed by atoms with Gasteiger partial charge >= 0.3 is 12.4 Å². The number of aliphatic hydroxyl groups is 1. The van der Waals surface area contributed by atoms with Crippen LogP contribution in [0.4, 0.5) is 30.7 Å². The number of hydrogen-bond acceptors (Lipinski definition) is 1. The third-order valence-electron chi connectivity index (χ3n) is 2.14. The summed E-state index contributed by atoms with van der Waals surface area (Å²) in [4.78, 5) is 0. The topological polar surface area (TPSA) is 20.2 Å². The second kappa shape index (κ2) is 4.37. The van der Waals surface area contributed by atoms with E-state index in [2.05, 4.69) is 15.9 Å². The van der Waals surface area contributed by atoms with E-state index < -0.39 is 33.8 Å². The molecule has 0 heterocycles. The largest absolute Gasteiger partial charge is 0.430 e. The van der Waals surface area contributed by atoms with Crippen molar-refractivity contribution in [2.45, 2.75) is 18.0 Å². The summed E-state index contributed by atoms with van der Waals surface area (Å²) in [6.45, 7) is 0. The summed E-state index contributed by atoms with van der Waals surface area (Å²) >= 11 is 2.37. The van der Waals surface area contributed by atoms with Crippen molar-refractivity contribution in [2.24, 2.45) is 0 Å². The van der Waals surface area contributed by atoms with Crippen LogP contribution in [0.2, 0.25) is 0 Å². The lowest BCUT2D eigenvalue weighted by molar-refractivity contribution is -0.376. The van der Waals surface area contributed by atoms with E-state index in [1.807, 2.05) is 0 Å². The van der Waals surface area contributed by atoms with Gasteiger partial charge in [-0.05, 0) is 12.1 Å². The predicted molar refractivity (Wildman–Crippen MR) is 50.1 cm³/mol. The van der Waals surface area contributed by atoms with Crippen LogP contribution in [-0.2, 0) is 5.60 Å². The first-order valence-corrected chi connectivity index (χ1v) is 5.02. The van der Waals surface area contributed by atoms with E-state index in [4.69, 9.17) is 5.11 Å². The zero-order chi connectivity index (χ0) is 14.4. The van der Waals surface area contributed by atoms with E-state index in [0.29, 0.717) is 12.1 Å². The number of alkyl halides is 6. The van der Waals surface area contributed by atoms with Crippen molar-refractivity contribution >= 4 is 15.9 Å². The van der Waals surface area contributed by atoms with Gasteiger partial charge in [0.1, 0.15) is 5.82 Å². The van der Waals surface area contributed by atoms with Crippen molar-refractivity contribution in [2.75, 3.05) is 0 Å². The van der Waals surface area contributed by atoms with Gasteiger partial charge in [0.05, 0.1) is 0 Å². The Morgan fingerprint density at radius 3 is 1.72 bits per heavy atom. The molecule has 0 aliphatic heterocycles. The van der Waals surface area contributed by atoms with Gasteiger partial charge in [-0.15, -0.1) is 0 Å². The number of benzene rings is 1. The molecule has 0 spiro atoms. The van der Waals surface area contributed by atoms with Crippen LogP contribution in [0.5, 0.6) is 0 Å². The molecule has 0 amide bonds. The Bertz CT molecular complexity index is 437. The molecule has 102 valence electrons. The molecule has 0 bridgehead atoms. The maximum Gasteiger partial charge on any atom is 0.430 e. The second-order valence-electron chi connectivity index (χ2n) is 3.33. The Hall–Kier alpha value is -0.830. The van der Waals surface area contributed by atoms with Gasteiger partial charge in [-0.2, -0.15) is 26.3 Å². The molecule has 0 aliphatic carbocycles. The third-order valence-corrected chi connectivity index (χ3v) is 2.80. The fourth-order valence-electron chi connectivity index (χ4n) is 1.25. The average Bonchev–Trinajstić information content (AvgIpc) is 2.12. The van der Waals surface area contributed by atoms with E-state index in [0.717, 1.165) is 0 Å². The van der Waals surface area contributed by atoms with Gasteiger partial charge in [-0.25, -0.2) is 4.39 Å². The van der Waals surface area contributed by atoms with Crippen LogP contribution < -0.4 is 0 Å². The molecular formula is C9H4BrF7O. The van der Waals surface area contributed by atoms with Crippen LogP contribution in [0.15, 0.2) is 22.7 Å². The lowest BCUT2D eigenvalue weighted by atomic mass is 9.92. The predicted octanol–water partition coefficient (Wildman–Crippen LogP) is 3.90. The lowest BCUT2D eigenvalue weighted by Gasteiger charge is -2.33. The summed E-state index contributed by atoms with van der Waals surface area (Å²) in [5, 5.41) is 9.02. The number of halogens is 8. The van der Waals surface area contributed by atoms with Crippen molar-refractivity contribution in [3.05, 3.63) is 34.1 Å². The van der Waals surface area contributed by atoms with Crippen molar-refractivity contribution in [1.82, 2.24) is 0 Å². The molecular weight excluding hydrogens is 337 g/mol. The Balaban J connectivity index is 3.56. The van der Waals surface area contributed by atoms with Gasteiger partial charge in [-0.3, -0.25) is 0 Å². The zero-order valence-corrected chi connectivity index (χ0v) is 9.79. The monoisotopic (exact) mass is 340 g/mol. The Morgan fingerprint density at radius 1 is 0.944 bits per heavy atom. The molecule has 1 aromatic carbocycles. The fraction of sp³-hybridized carbons (Fsp3) is 0.333. The Kier molecular flexibility index (Phi) is 3.70. The van der Waals surface area contributed by atoms with Gasteiger partial charge in [-0.1, -0.05) is 22.0 Å². The Morgan fingerprint density at radius 2 is 1.39 bits per heavy atom. The fourth-order valence-corrected chi connectivity index (χ4v) is 1.89. The highest BCUT2D eigenvalue weighted by atomic mass is 79.9. The van der Waals surface area contributed by atoms with Crippen LogP contribution in [0.25, 0.3) is 0 Å². The standard InChI is InChI=1S/C9H4BrF7O/c10-6-3-4(11)1-2-5(6)7(18,8(12,13)14)9(15,16)17/h1-3,18H. The molecule has 0 fully saturated rings. The first-order chi connectivity index (χ1) is 7.91. The minimum Gasteiger partial charge on any atom is -0.369 e. The summed E-state index contributed by atoms with van der Waals surface area (Å²) in [5.74, 6) is -1.04. The summed E-state index contributed by atoms with van der Waals surface area (Å²) in [7, 11) is 0. The molecule has 0 radical (unpaired) electrons. The molecule has 0 unspecified atom stereocenters. The molecule has 0 aliphatic rings. The van der Waals surface area contributed by atoms with Crippen molar-refractivity contribution in [1.29, 1.82) is 0 Å². The normalized spacial score (nSPS) is 13.8. The molecule has 0 atom stereocenters. The third kappa shape index (κ3) is 2.33. The van der Waals surface area contributed by atoms with Crippen LogP contribution in [0.3, 0.4) is 0 Å². The molecule has 9 heteroatoms. The minimum absolute atomic E-state index is 0.223. The first-order valence-electron chi connectivity index (χ1n) is 4.22. The van der Waals surface area contributed by atoms with E-state index in [1.165, 1.54) is 0 Å². The summed E-state index contributed by atoms with van der Waals surface area (Å²) in [6.07, 6.45) is -12.0. The van der Waals surface area contributed by atoms with Gasteiger partial charge in [0, 0.05) is 10.0 Å². The van der Waals surface area contributed by atoms with Crippen molar-refractivity contribution in [3.8, 4) is 0 Å². The highest BCUT2D eigenvalue weighted by Crippen LogP contribution is 2.51. The molecule has 18 heavy (non-hydrogen) atoms. The highest BCUT2D eigenvalue weighted by molar-refractivity contribution is 9.10. The van der Waals surface area contributed by atoms with Crippen molar-refractivity contribution in [3.63, 3.8) is 0 Å². The molecule has 0 saturated carbocycles. The summed E-state index contributed by atoms with van der Waals surface area (Å²) in [5.41, 5.74) is -6.59. The zero-order valence-electron chi connectivity index (χ0n) is 8.20. The Labute approximate surface area is 104 Å².